The van der Waals surface area contributed by atoms with E-state index >= 15 is 0 Å². The van der Waals surface area contributed by atoms with Crippen molar-refractivity contribution in [3.63, 3.8) is 0 Å². The highest BCUT2D eigenvalue weighted by molar-refractivity contribution is 7.09. The fraction of sp³-hybridized carbons (Fsp3) is 0.524. The molecule has 1 amide bonds. The number of carbonyl (C=O) groups is 1. The van der Waals surface area contributed by atoms with E-state index in [1.54, 1.807) is 11.3 Å². The van der Waals surface area contributed by atoms with Crippen molar-refractivity contribution in [3.8, 4) is 6.07 Å². The van der Waals surface area contributed by atoms with Gasteiger partial charge in [0.15, 0.2) is 6.54 Å². The summed E-state index contributed by atoms with van der Waals surface area (Å²) in [7, 11) is 0. The van der Waals surface area contributed by atoms with Crippen LogP contribution >= 0.6 is 11.3 Å². The van der Waals surface area contributed by atoms with Crippen molar-refractivity contribution in [2.45, 2.75) is 40.7 Å². The molecule has 6 heteroatoms. The van der Waals surface area contributed by atoms with Crippen molar-refractivity contribution in [3.05, 3.63) is 39.2 Å². The molecule has 2 aromatic heterocycles. The van der Waals surface area contributed by atoms with E-state index in [0.29, 0.717) is 36.3 Å². The number of carbonyl (C=O) groups excluding carboxylic acids is 1. The second kappa shape index (κ2) is 8.28. The van der Waals surface area contributed by atoms with E-state index < -0.39 is 0 Å². The molecule has 0 bridgehead atoms. The number of hydrogen-bond donors (Lipinski definition) is 2. The summed E-state index contributed by atoms with van der Waals surface area (Å²) in [6, 6.07) is 6.39. The summed E-state index contributed by atoms with van der Waals surface area (Å²) in [5.41, 5.74) is 2.55. The molecule has 1 aliphatic rings. The Hall–Kier alpha value is -2.10. The van der Waals surface area contributed by atoms with E-state index in [0.717, 1.165) is 24.3 Å². The minimum absolute atomic E-state index is 0.00673. The van der Waals surface area contributed by atoms with Crippen molar-refractivity contribution in [1.29, 1.82) is 5.26 Å². The van der Waals surface area contributed by atoms with Gasteiger partial charge in [0.2, 0.25) is 0 Å². The van der Waals surface area contributed by atoms with E-state index in [9.17, 15) is 10.1 Å². The number of thiophene rings is 1. The zero-order valence-electron chi connectivity index (χ0n) is 16.6. The van der Waals surface area contributed by atoms with Crippen LogP contribution in [0, 0.1) is 37.0 Å². The smallest absolute Gasteiger partial charge is 0.280 e. The number of quaternary nitrogens is 1. The second-order valence-corrected chi connectivity index (χ2v) is 9.07. The Morgan fingerprint density at radius 1 is 1.37 bits per heavy atom. The average molecular weight is 386 g/mol. The van der Waals surface area contributed by atoms with Crippen molar-refractivity contribution in [2.24, 2.45) is 11.8 Å². The van der Waals surface area contributed by atoms with Gasteiger partial charge < -0.3 is 14.8 Å². The monoisotopic (exact) mass is 385 g/mol. The maximum atomic E-state index is 12.8. The van der Waals surface area contributed by atoms with Gasteiger partial charge in [-0.05, 0) is 37.3 Å². The predicted molar refractivity (Wildman–Crippen MR) is 109 cm³/mol. The Morgan fingerprint density at radius 2 is 2.07 bits per heavy atom. The van der Waals surface area contributed by atoms with Crippen LogP contribution in [-0.4, -0.2) is 30.1 Å². The fourth-order valence-electron chi connectivity index (χ4n) is 4.36. The van der Waals surface area contributed by atoms with E-state index in [1.807, 2.05) is 25.3 Å². The van der Waals surface area contributed by atoms with Crippen molar-refractivity contribution in [1.82, 2.24) is 4.57 Å². The molecule has 1 fully saturated rings. The van der Waals surface area contributed by atoms with Crippen LogP contribution < -0.4 is 10.2 Å². The van der Waals surface area contributed by atoms with Crippen LogP contribution in [0.1, 0.15) is 42.0 Å². The molecule has 0 radical (unpaired) electrons. The lowest BCUT2D eigenvalue weighted by Crippen LogP contribution is -3.15. The molecule has 0 unspecified atom stereocenters. The third-order valence-electron chi connectivity index (χ3n) is 5.58. The lowest BCUT2D eigenvalue weighted by molar-refractivity contribution is -0.904. The number of aromatic nitrogens is 1. The van der Waals surface area contributed by atoms with Crippen LogP contribution in [-0.2, 0) is 11.3 Å². The Labute approximate surface area is 165 Å². The van der Waals surface area contributed by atoms with E-state index in [4.69, 9.17) is 0 Å². The van der Waals surface area contributed by atoms with Crippen molar-refractivity contribution < 1.29 is 9.69 Å². The average Bonchev–Trinajstić information content (AvgIpc) is 3.17. The molecular weight excluding hydrogens is 356 g/mol. The molecule has 3 rings (SSSR count). The first-order valence-corrected chi connectivity index (χ1v) is 10.5. The number of piperidine rings is 1. The molecule has 5 nitrogen and oxygen atoms in total. The quantitative estimate of drug-likeness (QED) is 0.831. The number of nitriles is 1. The molecule has 3 heterocycles. The van der Waals surface area contributed by atoms with Crippen LogP contribution in [0.4, 0.5) is 5.82 Å². The van der Waals surface area contributed by atoms with Gasteiger partial charge in [-0.3, -0.25) is 4.79 Å². The molecular formula is C21H29N4OS+. The number of rotatable bonds is 5. The molecule has 2 N–H and O–H groups in total. The molecule has 27 heavy (non-hydrogen) atoms. The SMILES string of the molecule is Cc1c(C#N)c(NC(=O)C[NH+]2C[C@@H](C)C[C@H](C)C2)n(Cc2cccs2)c1C. The maximum absolute atomic E-state index is 12.8. The standard InChI is InChI=1S/C21H28N4OS/c1-14-8-15(2)11-24(10-14)13-20(26)23-21-19(9-22)16(3)17(4)25(21)12-18-6-5-7-27-18/h5-7,14-15H,8,10-13H2,1-4H3,(H,23,26)/p+1/t14-,15-/m0/s1. The number of nitrogens with one attached hydrogen (secondary N) is 2. The Bertz CT molecular complexity index is 837. The Morgan fingerprint density at radius 3 is 2.67 bits per heavy atom. The maximum Gasteiger partial charge on any atom is 0.280 e. The molecule has 2 aromatic rings. The van der Waals surface area contributed by atoms with Gasteiger partial charge >= 0.3 is 0 Å². The summed E-state index contributed by atoms with van der Waals surface area (Å²) in [6.45, 7) is 11.7. The number of hydrogen-bond acceptors (Lipinski definition) is 3. The second-order valence-electron chi connectivity index (χ2n) is 8.04. The molecule has 1 aliphatic heterocycles. The van der Waals surface area contributed by atoms with Gasteiger partial charge in [-0.25, -0.2) is 0 Å². The van der Waals surface area contributed by atoms with Crippen LogP contribution in [0.15, 0.2) is 17.5 Å². The van der Waals surface area contributed by atoms with Crippen molar-refractivity contribution >= 4 is 23.1 Å². The highest BCUT2D eigenvalue weighted by Crippen LogP contribution is 2.28. The van der Waals surface area contributed by atoms with Gasteiger partial charge in [0, 0.05) is 22.4 Å². The summed E-state index contributed by atoms with van der Waals surface area (Å²) in [4.78, 5) is 15.3. The number of amides is 1. The third kappa shape index (κ3) is 4.42. The van der Waals surface area contributed by atoms with Gasteiger partial charge in [-0.1, -0.05) is 19.9 Å². The molecule has 2 atom stereocenters. The number of likely N-dealkylation sites (tertiary alicyclic amines) is 1. The number of anilines is 1. The minimum atomic E-state index is -0.00673. The lowest BCUT2D eigenvalue weighted by atomic mass is 9.92. The van der Waals surface area contributed by atoms with Gasteiger partial charge in [0.1, 0.15) is 11.9 Å². The van der Waals surface area contributed by atoms with E-state index in [1.165, 1.54) is 16.2 Å². The normalized spacial score (nSPS) is 22.4. The number of nitrogens with zero attached hydrogens (tertiary/aromatic N) is 2. The van der Waals surface area contributed by atoms with Gasteiger partial charge in [-0.15, -0.1) is 11.3 Å². The van der Waals surface area contributed by atoms with Gasteiger partial charge in [0.25, 0.3) is 5.91 Å². The lowest BCUT2D eigenvalue weighted by Gasteiger charge is -2.31. The molecule has 0 spiro atoms. The van der Waals surface area contributed by atoms with Crippen LogP contribution in [0.5, 0.6) is 0 Å². The summed E-state index contributed by atoms with van der Waals surface area (Å²) in [5, 5.41) is 14.8. The summed E-state index contributed by atoms with van der Waals surface area (Å²) >= 11 is 1.69. The highest BCUT2D eigenvalue weighted by atomic mass is 32.1. The van der Waals surface area contributed by atoms with Gasteiger partial charge in [0.05, 0.1) is 25.2 Å². The fourth-order valence-corrected chi connectivity index (χ4v) is 5.05. The zero-order valence-corrected chi connectivity index (χ0v) is 17.4. The largest absolute Gasteiger partial charge is 0.327 e. The van der Waals surface area contributed by atoms with E-state index in [2.05, 4.69) is 35.9 Å². The summed E-state index contributed by atoms with van der Waals surface area (Å²) < 4.78 is 2.06. The third-order valence-corrected chi connectivity index (χ3v) is 6.44. The molecule has 0 aliphatic carbocycles. The Kier molecular flexibility index (Phi) is 6.03. The first-order chi connectivity index (χ1) is 12.9. The topological polar surface area (TPSA) is 62.3 Å². The van der Waals surface area contributed by atoms with Crippen LogP contribution in [0.25, 0.3) is 0 Å². The van der Waals surface area contributed by atoms with E-state index in [-0.39, 0.29) is 5.91 Å². The summed E-state index contributed by atoms with van der Waals surface area (Å²) in [5.74, 6) is 1.94. The Balaban J connectivity index is 1.79. The van der Waals surface area contributed by atoms with Gasteiger partial charge in [-0.2, -0.15) is 5.26 Å². The van der Waals surface area contributed by atoms with Crippen LogP contribution in [0.3, 0.4) is 0 Å². The molecule has 1 saturated heterocycles. The minimum Gasteiger partial charge on any atom is -0.327 e. The highest BCUT2D eigenvalue weighted by Gasteiger charge is 2.28. The molecule has 0 saturated carbocycles. The molecule has 144 valence electrons. The first kappa shape index (κ1) is 19.7. The molecule has 0 aromatic carbocycles. The van der Waals surface area contributed by atoms with Crippen molar-refractivity contribution in [2.75, 3.05) is 25.0 Å². The summed E-state index contributed by atoms with van der Waals surface area (Å²) in [6.07, 6.45) is 1.24. The zero-order chi connectivity index (χ0) is 19.6. The van der Waals surface area contributed by atoms with Crippen LogP contribution in [0.2, 0.25) is 0 Å². The predicted octanol–water partition coefficient (Wildman–Crippen LogP) is 2.59. The first-order valence-electron chi connectivity index (χ1n) is 9.64.